The van der Waals surface area contributed by atoms with Crippen molar-refractivity contribution in [2.45, 2.75) is 16.5 Å². The number of aromatic nitrogens is 2. The first-order valence-electron chi connectivity index (χ1n) is 8.81. The molecule has 6 heteroatoms. The minimum atomic E-state index is -0.244. The molecule has 0 radical (unpaired) electrons. The number of benzene rings is 2. The molecule has 4 nitrogen and oxygen atoms in total. The number of carbonyl (C=O) groups is 1. The van der Waals surface area contributed by atoms with Gasteiger partial charge in [-0.05, 0) is 35.4 Å². The van der Waals surface area contributed by atoms with E-state index >= 15 is 0 Å². The van der Waals surface area contributed by atoms with Gasteiger partial charge in [0.05, 0.1) is 10.2 Å². The summed E-state index contributed by atoms with van der Waals surface area (Å²) in [7, 11) is 0. The van der Waals surface area contributed by atoms with E-state index in [1.165, 1.54) is 10.3 Å². The average molecular weight is 404 g/mol. The molecule has 0 saturated heterocycles. The number of pyridine rings is 1. The minimum Gasteiger partial charge on any atom is -0.267 e. The third kappa shape index (κ3) is 4.71. The highest BCUT2D eigenvalue weighted by molar-refractivity contribution is 8.00. The Morgan fingerprint density at radius 1 is 1.00 bits per heavy atom. The molecule has 0 aliphatic rings. The molecule has 4 aromatic rings. The van der Waals surface area contributed by atoms with Crippen LogP contribution in [-0.4, -0.2) is 22.1 Å². The van der Waals surface area contributed by atoms with Gasteiger partial charge in [-0.1, -0.05) is 48.2 Å². The Labute approximate surface area is 171 Å². The molecule has 0 aliphatic carbocycles. The number of thiazole rings is 1. The van der Waals surface area contributed by atoms with Gasteiger partial charge in [0.15, 0.2) is 4.34 Å². The molecule has 0 N–H and O–H groups in total. The van der Waals surface area contributed by atoms with Gasteiger partial charge in [-0.3, -0.25) is 9.78 Å². The predicted molar refractivity (Wildman–Crippen MR) is 116 cm³/mol. The third-order valence-electron chi connectivity index (χ3n) is 4.12. The standard InChI is InChI=1S/C22H17N3OS2/c26-21(18-10-12-23-13-11-18)24-14-9-16-5-7-17(8-6-16)15-27-22-25-19-3-1-2-4-20(19)28-22/h1-8,10-14H,9,15H2. The summed E-state index contributed by atoms with van der Waals surface area (Å²) >= 11 is 3.49. The number of amides is 1. The van der Waals surface area contributed by atoms with Crippen LogP contribution in [0.4, 0.5) is 0 Å². The van der Waals surface area contributed by atoms with Crippen LogP contribution in [0.3, 0.4) is 0 Å². The molecule has 0 spiro atoms. The van der Waals surface area contributed by atoms with Gasteiger partial charge in [0.2, 0.25) is 0 Å². The Balaban J connectivity index is 1.31. The topological polar surface area (TPSA) is 55.2 Å². The molecule has 4 rings (SSSR count). The Bertz CT molecular complexity index is 1070. The SMILES string of the molecule is O=C(N=CCc1ccc(CSc2nc3ccccc3s2)cc1)c1ccncc1. The number of aliphatic imine (C=N–C) groups is 1. The maximum Gasteiger partial charge on any atom is 0.276 e. The van der Waals surface area contributed by atoms with Crippen LogP contribution in [0.25, 0.3) is 10.2 Å². The lowest BCUT2D eigenvalue weighted by molar-refractivity contribution is 0.100. The zero-order valence-corrected chi connectivity index (χ0v) is 16.6. The van der Waals surface area contributed by atoms with Gasteiger partial charge in [0, 0.05) is 36.3 Å². The Kier molecular flexibility index (Phi) is 5.89. The van der Waals surface area contributed by atoms with E-state index in [1.54, 1.807) is 53.8 Å². The number of hydrogen-bond acceptors (Lipinski definition) is 5. The molecular formula is C22H17N3OS2. The quantitative estimate of drug-likeness (QED) is 0.318. The number of thioether (sulfide) groups is 1. The van der Waals surface area contributed by atoms with E-state index in [2.05, 4.69) is 45.3 Å². The first kappa shape index (κ1) is 18.5. The third-order valence-corrected chi connectivity index (χ3v) is 6.37. The van der Waals surface area contributed by atoms with Gasteiger partial charge < -0.3 is 0 Å². The van der Waals surface area contributed by atoms with E-state index in [9.17, 15) is 4.79 Å². The molecule has 2 heterocycles. The summed E-state index contributed by atoms with van der Waals surface area (Å²) in [6.07, 6.45) is 5.47. The number of nitrogens with zero attached hydrogens (tertiary/aromatic N) is 3. The molecule has 1 amide bonds. The maximum atomic E-state index is 11.9. The fourth-order valence-corrected chi connectivity index (χ4v) is 4.66. The first-order chi connectivity index (χ1) is 13.8. The Hall–Kier alpha value is -2.83. The highest BCUT2D eigenvalue weighted by atomic mass is 32.2. The van der Waals surface area contributed by atoms with Gasteiger partial charge in [0.1, 0.15) is 0 Å². The number of fused-ring (bicyclic) bond motifs is 1. The highest BCUT2D eigenvalue weighted by Crippen LogP contribution is 2.31. The molecule has 0 bridgehead atoms. The van der Waals surface area contributed by atoms with Gasteiger partial charge in [-0.15, -0.1) is 11.3 Å². The van der Waals surface area contributed by atoms with E-state index in [0.717, 1.165) is 21.2 Å². The van der Waals surface area contributed by atoms with Crippen LogP contribution < -0.4 is 0 Å². The minimum absolute atomic E-state index is 0.244. The van der Waals surface area contributed by atoms with E-state index in [0.29, 0.717) is 12.0 Å². The van der Waals surface area contributed by atoms with Crippen molar-refractivity contribution in [3.63, 3.8) is 0 Å². The summed E-state index contributed by atoms with van der Waals surface area (Å²) in [5.74, 6) is 0.639. The second-order valence-electron chi connectivity index (χ2n) is 6.11. The Morgan fingerprint density at radius 2 is 1.75 bits per heavy atom. The monoisotopic (exact) mass is 403 g/mol. The number of para-hydroxylation sites is 1. The summed E-state index contributed by atoms with van der Waals surface area (Å²) in [4.78, 5) is 24.5. The molecule has 2 aromatic heterocycles. The van der Waals surface area contributed by atoms with Crippen molar-refractivity contribution in [3.8, 4) is 0 Å². The first-order valence-corrected chi connectivity index (χ1v) is 10.6. The van der Waals surface area contributed by atoms with Crippen molar-refractivity contribution in [1.29, 1.82) is 0 Å². The zero-order valence-electron chi connectivity index (χ0n) is 15.0. The van der Waals surface area contributed by atoms with Crippen LogP contribution in [0.1, 0.15) is 21.5 Å². The highest BCUT2D eigenvalue weighted by Gasteiger charge is 2.05. The Morgan fingerprint density at radius 3 is 2.54 bits per heavy atom. The zero-order chi connectivity index (χ0) is 19.2. The fraction of sp³-hybridized carbons (Fsp3) is 0.0909. The molecule has 2 aromatic carbocycles. The van der Waals surface area contributed by atoms with Crippen LogP contribution in [-0.2, 0) is 12.2 Å². The van der Waals surface area contributed by atoms with Gasteiger partial charge in [-0.25, -0.2) is 9.98 Å². The lowest BCUT2D eigenvalue weighted by atomic mass is 10.1. The van der Waals surface area contributed by atoms with Gasteiger partial charge in [0.25, 0.3) is 5.91 Å². The van der Waals surface area contributed by atoms with E-state index in [1.807, 2.05) is 18.2 Å². The summed E-state index contributed by atoms with van der Waals surface area (Å²) < 4.78 is 2.31. The van der Waals surface area contributed by atoms with Gasteiger partial charge >= 0.3 is 0 Å². The van der Waals surface area contributed by atoms with Crippen molar-refractivity contribution in [3.05, 3.63) is 89.7 Å². The second kappa shape index (κ2) is 8.91. The van der Waals surface area contributed by atoms with Gasteiger partial charge in [-0.2, -0.15) is 0 Å². The number of hydrogen-bond donors (Lipinski definition) is 0. The second-order valence-corrected chi connectivity index (χ2v) is 8.36. The summed E-state index contributed by atoms with van der Waals surface area (Å²) in [5, 5.41) is 0. The molecule has 0 unspecified atom stereocenters. The van der Waals surface area contributed by atoms with Crippen LogP contribution in [0, 0.1) is 0 Å². The number of carbonyl (C=O) groups excluding carboxylic acids is 1. The molecule has 0 aliphatic heterocycles. The largest absolute Gasteiger partial charge is 0.276 e. The van der Waals surface area contributed by atoms with Crippen LogP contribution in [0.15, 0.2) is 82.4 Å². The van der Waals surface area contributed by atoms with Crippen molar-refractivity contribution in [2.24, 2.45) is 4.99 Å². The lowest BCUT2D eigenvalue weighted by Crippen LogP contribution is -1.96. The van der Waals surface area contributed by atoms with Crippen LogP contribution in [0.2, 0.25) is 0 Å². The fourth-order valence-electron chi connectivity index (χ4n) is 2.63. The molecule has 0 fully saturated rings. The smallest absolute Gasteiger partial charge is 0.267 e. The van der Waals surface area contributed by atoms with Crippen LogP contribution >= 0.6 is 23.1 Å². The van der Waals surface area contributed by atoms with E-state index in [4.69, 9.17) is 0 Å². The molecule has 138 valence electrons. The summed E-state index contributed by atoms with van der Waals surface area (Å²) in [6.45, 7) is 0. The summed E-state index contributed by atoms with van der Waals surface area (Å²) in [6, 6.07) is 19.9. The molecule has 0 atom stereocenters. The summed E-state index contributed by atoms with van der Waals surface area (Å²) in [5.41, 5.74) is 3.98. The molecule has 0 saturated carbocycles. The maximum absolute atomic E-state index is 11.9. The van der Waals surface area contributed by atoms with Crippen molar-refractivity contribution in [1.82, 2.24) is 9.97 Å². The molecule has 28 heavy (non-hydrogen) atoms. The average Bonchev–Trinajstić information content (AvgIpc) is 3.17. The normalized spacial score (nSPS) is 11.3. The van der Waals surface area contributed by atoms with Crippen LogP contribution in [0.5, 0.6) is 0 Å². The predicted octanol–water partition coefficient (Wildman–Crippen LogP) is 5.44. The molecular weight excluding hydrogens is 386 g/mol. The number of rotatable bonds is 6. The van der Waals surface area contributed by atoms with E-state index in [-0.39, 0.29) is 5.91 Å². The van der Waals surface area contributed by atoms with Crippen molar-refractivity contribution in [2.75, 3.05) is 0 Å². The van der Waals surface area contributed by atoms with E-state index < -0.39 is 0 Å². The van der Waals surface area contributed by atoms with Crippen molar-refractivity contribution < 1.29 is 4.79 Å². The van der Waals surface area contributed by atoms with Crippen molar-refractivity contribution >= 4 is 45.4 Å². The lowest BCUT2D eigenvalue weighted by Gasteiger charge is -2.01.